The summed E-state index contributed by atoms with van der Waals surface area (Å²) in [5.74, 6) is 0. The molecule has 0 fully saturated rings. The Bertz CT molecular complexity index is 776. The summed E-state index contributed by atoms with van der Waals surface area (Å²) in [6.07, 6.45) is 2.86. The minimum atomic E-state index is -0.632. The maximum Gasteiger partial charge on any atom is 0.299 e. The highest BCUT2D eigenvalue weighted by Gasteiger charge is 2.24. The van der Waals surface area contributed by atoms with Gasteiger partial charge in [0, 0.05) is 6.07 Å². The maximum atomic E-state index is 11.2. The van der Waals surface area contributed by atoms with Crippen molar-refractivity contribution in [3.63, 3.8) is 0 Å². The molecule has 0 heterocycles. The van der Waals surface area contributed by atoms with Crippen molar-refractivity contribution in [3.8, 4) is 0 Å². The van der Waals surface area contributed by atoms with Gasteiger partial charge in [-0.15, -0.1) is 0 Å². The highest BCUT2D eigenvalue weighted by molar-refractivity contribution is 5.66. The largest absolute Gasteiger partial charge is 0.373 e. The molecule has 1 atom stereocenters. The van der Waals surface area contributed by atoms with Gasteiger partial charge in [0.15, 0.2) is 0 Å². The molecule has 2 aromatic carbocycles. The molecule has 118 valence electrons. The van der Waals surface area contributed by atoms with Crippen LogP contribution in [-0.4, -0.2) is 9.85 Å². The summed E-state index contributed by atoms with van der Waals surface area (Å²) in [6, 6.07) is 11.7. The van der Waals surface area contributed by atoms with Crippen LogP contribution < -0.4 is 5.32 Å². The van der Waals surface area contributed by atoms with Crippen LogP contribution in [0, 0.1) is 20.2 Å². The van der Waals surface area contributed by atoms with Crippen LogP contribution in [0.1, 0.15) is 30.0 Å². The van der Waals surface area contributed by atoms with Crippen molar-refractivity contribution in [2.24, 2.45) is 0 Å². The molecule has 3 rings (SSSR count). The third-order valence-corrected chi connectivity index (χ3v) is 4.09. The summed E-state index contributed by atoms with van der Waals surface area (Å²) < 4.78 is 0. The zero-order chi connectivity index (χ0) is 16.4. The molecule has 0 radical (unpaired) electrons. The van der Waals surface area contributed by atoms with Crippen LogP contribution in [0.2, 0.25) is 0 Å². The number of nitrogens with zero attached hydrogens (tertiary/aromatic N) is 2. The number of nitro groups is 2. The van der Waals surface area contributed by atoms with Crippen LogP contribution in [0.25, 0.3) is 0 Å². The first kappa shape index (κ1) is 15.0. The minimum absolute atomic E-state index is 0.0277. The van der Waals surface area contributed by atoms with Crippen LogP contribution in [0.15, 0.2) is 42.5 Å². The predicted molar refractivity (Wildman–Crippen MR) is 85.5 cm³/mol. The molecule has 0 bridgehead atoms. The van der Waals surface area contributed by atoms with Gasteiger partial charge in [0.2, 0.25) is 0 Å². The molecule has 0 saturated heterocycles. The van der Waals surface area contributed by atoms with E-state index in [9.17, 15) is 20.2 Å². The van der Waals surface area contributed by atoms with Crippen LogP contribution in [0.5, 0.6) is 0 Å². The lowest BCUT2D eigenvalue weighted by Crippen LogP contribution is -2.17. The second kappa shape index (κ2) is 6.04. The Labute approximate surface area is 132 Å². The van der Waals surface area contributed by atoms with Gasteiger partial charge < -0.3 is 5.32 Å². The molecule has 0 saturated carbocycles. The quantitative estimate of drug-likeness (QED) is 0.679. The number of benzene rings is 2. The molecule has 0 amide bonds. The Kier molecular flexibility index (Phi) is 3.92. The first-order chi connectivity index (χ1) is 11.1. The summed E-state index contributed by atoms with van der Waals surface area (Å²) in [5.41, 5.74) is 2.11. The predicted octanol–water partition coefficient (Wildman–Crippen LogP) is 3.99. The summed E-state index contributed by atoms with van der Waals surface area (Å²) in [4.78, 5) is 20.8. The fourth-order valence-corrected chi connectivity index (χ4v) is 3.00. The average molecular weight is 313 g/mol. The minimum Gasteiger partial charge on any atom is -0.373 e. The van der Waals surface area contributed by atoms with Gasteiger partial charge in [0.25, 0.3) is 11.4 Å². The van der Waals surface area contributed by atoms with Crippen molar-refractivity contribution in [2.75, 3.05) is 5.32 Å². The molecule has 0 aliphatic heterocycles. The normalized spacial score (nSPS) is 16.4. The van der Waals surface area contributed by atoms with E-state index in [2.05, 4.69) is 11.4 Å². The second-order valence-electron chi connectivity index (χ2n) is 5.50. The van der Waals surface area contributed by atoms with Gasteiger partial charge >= 0.3 is 0 Å². The lowest BCUT2D eigenvalue weighted by Gasteiger charge is -2.27. The lowest BCUT2D eigenvalue weighted by atomic mass is 9.87. The SMILES string of the molecule is O=[N+]([O-])c1ccc(N[C@H]2CCCc3ccccc32)c([N+](=O)[O-])c1. The number of aryl methyl sites for hydroxylation is 1. The fraction of sp³-hybridized carbons (Fsp3) is 0.250. The molecule has 1 aliphatic carbocycles. The molecule has 0 spiro atoms. The van der Waals surface area contributed by atoms with Crippen molar-refractivity contribution in [3.05, 3.63) is 73.8 Å². The maximum absolute atomic E-state index is 11.2. The average Bonchev–Trinajstić information content (AvgIpc) is 2.55. The first-order valence-corrected chi connectivity index (χ1v) is 7.33. The molecule has 1 N–H and O–H groups in total. The Morgan fingerprint density at radius 3 is 2.57 bits per heavy atom. The summed E-state index contributed by atoms with van der Waals surface area (Å²) in [6.45, 7) is 0. The number of fused-ring (bicyclic) bond motifs is 1. The van der Waals surface area contributed by atoms with Crippen LogP contribution in [0.3, 0.4) is 0 Å². The van der Waals surface area contributed by atoms with Gasteiger partial charge in [-0.2, -0.15) is 0 Å². The van der Waals surface area contributed by atoms with E-state index in [1.165, 1.54) is 17.7 Å². The Morgan fingerprint density at radius 2 is 1.83 bits per heavy atom. The van der Waals surface area contributed by atoms with E-state index >= 15 is 0 Å². The second-order valence-corrected chi connectivity index (χ2v) is 5.50. The van der Waals surface area contributed by atoms with E-state index in [0.29, 0.717) is 5.69 Å². The van der Waals surface area contributed by atoms with Gasteiger partial charge in [-0.1, -0.05) is 24.3 Å². The van der Waals surface area contributed by atoms with Crippen molar-refractivity contribution >= 4 is 17.1 Å². The van der Waals surface area contributed by atoms with Gasteiger partial charge in [0.1, 0.15) is 5.69 Å². The van der Waals surface area contributed by atoms with Crippen molar-refractivity contribution in [2.45, 2.75) is 25.3 Å². The Morgan fingerprint density at radius 1 is 1.04 bits per heavy atom. The fourth-order valence-electron chi connectivity index (χ4n) is 3.00. The van der Waals surface area contributed by atoms with E-state index in [0.717, 1.165) is 30.9 Å². The van der Waals surface area contributed by atoms with Crippen molar-refractivity contribution in [1.29, 1.82) is 0 Å². The van der Waals surface area contributed by atoms with Crippen LogP contribution in [0.4, 0.5) is 17.1 Å². The van der Waals surface area contributed by atoms with Crippen molar-refractivity contribution in [1.82, 2.24) is 0 Å². The van der Waals surface area contributed by atoms with Crippen molar-refractivity contribution < 1.29 is 9.85 Å². The highest BCUT2D eigenvalue weighted by atomic mass is 16.6. The van der Waals surface area contributed by atoms with E-state index in [1.807, 2.05) is 18.2 Å². The summed E-state index contributed by atoms with van der Waals surface area (Å²) in [7, 11) is 0. The van der Waals surface area contributed by atoms with Gasteiger partial charge in [0.05, 0.1) is 22.0 Å². The van der Waals surface area contributed by atoms with Crippen LogP contribution >= 0.6 is 0 Å². The third-order valence-electron chi connectivity index (χ3n) is 4.09. The van der Waals surface area contributed by atoms with Gasteiger partial charge in [-0.05, 0) is 36.5 Å². The van der Waals surface area contributed by atoms with Gasteiger partial charge in [-0.25, -0.2) is 0 Å². The molecule has 2 aromatic rings. The van der Waals surface area contributed by atoms with Gasteiger partial charge in [-0.3, -0.25) is 20.2 Å². The summed E-state index contributed by atoms with van der Waals surface area (Å²) >= 11 is 0. The molecular formula is C16H15N3O4. The number of hydrogen-bond acceptors (Lipinski definition) is 5. The van der Waals surface area contributed by atoms with E-state index in [-0.39, 0.29) is 17.4 Å². The highest BCUT2D eigenvalue weighted by Crippen LogP contribution is 2.36. The van der Waals surface area contributed by atoms with Crippen LogP contribution in [-0.2, 0) is 6.42 Å². The number of nitro benzene ring substituents is 2. The number of nitrogens with one attached hydrogen (secondary N) is 1. The molecule has 0 aromatic heterocycles. The standard InChI is InChI=1S/C16H15N3O4/c20-18(21)12-8-9-15(16(10-12)19(22)23)17-14-7-3-5-11-4-1-2-6-13(11)14/h1-2,4,6,8-10,14,17H,3,5,7H2/t14-/m0/s1. The monoisotopic (exact) mass is 313 g/mol. The zero-order valence-corrected chi connectivity index (χ0v) is 12.3. The smallest absolute Gasteiger partial charge is 0.299 e. The topological polar surface area (TPSA) is 98.3 Å². The number of anilines is 1. The van der Waals surface area contributed by atoms with E-state index in [4.69, 9.17) is 0 Å². The molecule has 0 unspecified atom stereocenters. The molecular weight excluding hydrogens is 298 g/mol. The number of rotatable bonds is 4. The zero-order valence-electron chi connectivity index (χ0n) is 12.3. The molecule has 7 nitrogen and oxygen atoms in total. The first-order valence-electron chi connectivity index (χ1n) is 7.33. The molecule has 7 heteroatoms. The van der Waals surface area contributed by atoms with E-state index in [1.54, 1.807) is 0 Å². The lowest BCUT2D eigenvalue weighted by molar-refractivity contribution is -0.393. The number of hydrogen-bond donors (Lipinski definition) is 1. The van der Waals surface area contributed by atoms with E-state index < -0.39 is 9.85 Å². The molecule has 23 heavy (non-hydrogen) atoms. The Hall–Kier alpha value is -2.96. The summed E-state index contributed by atoms with van der Waals surface area (Å²) in [5, 5.41) is 25.2. The number of non-ortho nitro benzene ring substituents is 1. The Balaban J connectivity index is 1.95. The third kappa shape index (κ3) is 2.98. The molecule has 1 aliphatic rings.